The molecule has 40 heavy (non-hydrogen) atoms. The van der Waals surface area contributed by atoms with E-state index in [2.05, 4.69) is 0 Å². The molecule has 2 fully saturated rings. The van der Waals surface area contributed by atoms with E-state index in [1.807, 2.05) is 0 Å². The molecule has 0 bridgehead atoms. The third kappa shape index (κ3) is 6.90. The van der Waals surface area contributed by atoms with Crippen LogP contribution < -0.4 is 0 Å². The maximum Gasteiger partial charge on any atom is 0.416 e. The lowest BCUT2D eigenvalue weighted by Crippen LogP contribution is -2.38. The molecule has 4 nitrogen and oxygen atoms in total. The molecule has 1 aliphatic heterocycles. The number of hydrogen-bond acceptors (Lipinski definition) is 3. The number of ether oxygens (including phenoxy) is 2. The minimum atomic E-state index is -4.97. The molecular weight excluding hydrogens is 543 g/mol. The van der Waals surface area contributed by atoms with Gasteiger partial charge in [-0.1, -0.05) is 12.1 Å². The number of hydrogen-bond donors (Lipinski definition) is 0. The molecule has 220 valence electrons. The van der Waals surface area contributed by atoms with Gasteiger partial charge < -0.3 is 14.4 Å². The molecule has 0 spiro atoms. The Morgan fingerprint density at radius 3 is 2.00 bits per heavy atom. The van der Waals surface area contributed by atoms with Crippen molar-refractivity contribution in [1.29, 1.82) is 0 Å². The zero-order valence-electron chi connectivity index (χ0n) is 22.6. The fraction of sp³-hybridized carbons (Fsp3) is 0.552. The van der Waals surface area contributed by atoms with Crippen LogP contribution in [0.4, 0.5) is 35.5 Å². The summed E-state index contributed by atoms with van der Waals surface area (Å²) >= 11 is 0. The van der Waals surface area contributed by atoms with Gasteiger partial charge in [-0.3, -0.25) is 0 Å². The van der Waals surface area contributed by atoms with Gasteiger partial charge >= 0.3 is 18.4 Å². The molecule has 0 N–H and O–H groups in total. The summed E-state index contributed by atoms with van der Waals surface area (Å²) in [5.41, 5.74) is -3.03. The zero-order chi connectivity index (χ0) is 29.6. The predicted octanol–water partition coefficient (Wildman–Crippen LogP) is 8.37. The van der Waals surface area contributed by atoms with E-state index in [0.717, 1.165) is 5.56 Å². The van der Waals surface area contributed by atoms with Crippen molar-refractivity contribution in [2.45, 2.75) is 76.6 Å². The Balaban J connectivity index is 1.64. The summed E-state index contributed by atoms with van der Waals surface area (Å²) < 4.78 is 106. The minimum Gasteiger partial charge on any atom is -0.444 e. The van der Waals surface area contributed by atoms with E-state index in [9.17, 15) is 35.5 Å². The molecule has 2 aliphatic rings. The third-order valence-electron chi connectivity index (χ3n) is 7.54. The quantitative estimate of drug-likeness (QED) is 0.344. The van der Waals surface area contributed by atoms with Crippen molar-refractivity contribution in [2.75, 3.05) is 13.1 Å². The third-order valence-corrected chi connectivity index (χ3v) is 7.54. The molecule has 0 aromatic heterocycles. The second kappa shape index (κ2) is 10.9. The van der Waals surface area contributed by atoms with E-state index in [1.54, 1.807) is 37.8 Å². The van der Waals surface area contributed by atoms with E-state index in [1.165, 1.54) is 19.1 Å². The summed E-state index contributed by atoms with van der Waals surface area (Å²) in [5, 5.41) is 0. The van der Waals surface area contributed by atoms with Gasteiger partial charge in [0.05, 0.1) is 23.3 Å². The first-order valence-corrected chi connectivity index (χ1v) is 13.1. The van der Waals surface area contributed by atoms with Gasteiger partial charge in [-0.25, -0.2) is 9.18 Å². The maximum absolute atomic E-state index is 13.8. The highest BCUT2D eigenvalue weighted by Crippen LogP contribution is 2.48. The van der Waals surface area contributed by atoms with E-state index >= 15 is 0 Å². The molecule has 1 heterocycles. The van der Waals surface area contributed by atoms with Crippen molar-refractivity contribution in [1.82, 2.24) is 4.90 Å². The smallest absolute Gasteiger partial charge is 0.416 e. The number of alkyl halides is 6. The van der Waals surface area contributed by atoms with Crippen molar-refractivity contribution in [3.05, 3.63) is 70.5 Å². The summed E-state index contributed by atoms with van der Waals surface area (Å²) in [6, 6.07) is 7.24. The topological polar surface area (TPSA) is 38.8 Å². The summed E-state index contributed by atoms with van der Waals surface area (Å²) in [6.07, 6.45) is -11.0. The van der Waals surface area contributed by atoms with Gasteiger partial charge in [0.1, 0.15) is 11.4 Å². The molecule has 0 radical (unpaired) electrons. The van der Waals surface area contributed by atoms with Gasteiger partial charge in [-0.2, -0.15) is 26.3 Å². The van der Waals surface area contributed by atoms with Crippen molar-refractivity contribution in [3.8, 4) is 0 Å². The van der Waals surface area contributed by atoms with Gasteiger partial charge in [0.15, 0.2) is 0 Å². The number of fused-ring (bicyclic) bond motifs is 1. The Morgan fingerprint density at radius 1 is 0.900 bits per heavy atom. The van der Waals surface area contributed by atoms with E-state index in [4.69, 9.17) is 9.47 Å². The van der Waals surface area contributed by atoms with Crippen LogP contribution in [0, 0.1) is 17.7 Å². The second-order valence-electron chi connectivity index (χ2n) is 11.6. The number of carbonyl (C=O) groups is 1. The first kappa shape index (κ1) is 30.1. The lowest BCUT2D eigenvalue weighted by atomic mass is 9.69. The standard InChI is InChI=1S/C29H32F7NO3/c1-16(19-11-20(28(31,32)33)13-21(12-19)29(34,35)36)39-24-10-7-18-14-37(26(38)40-27(2,3)4)15-23(18)25(24)17-5-8-22(30)9-6-17/h5-6,8-9,11-13,16,18,23-25H,7,10,14-15H2,1-4H3/t16-,18+,23-,24+,25+/m1/s1. The van der Waals surface area contributed by atoms with E-state index < -0.39 is 53.2 Å². The Bertz CT molecular complexity index is 1170. The molecule has 0 unspecified atom stereocenters. The fourth-order valence-electron chi connectivity index (χ4n) is 5.77. The predicted molar refractivity (Wildman–Crippen MR) is 133 cm³/mol. The van der Waals surface area contributed by atoms with Gasteiger partial charge in [-0.15, -0.1) is 0 Å². The highest BCUT2D eigenvalue weighted by molar-refractivity contribution is 5.68. The SMILES string of the molecule is C[C@@H](O[C@H]1CC[C@H]2CN(C(=O)OC(C)(C)C)C[C@H]2[C@@H]1c1ccc(F)cc1)c1cc(C(F)(F)F)cc(C(F)(F)F)c1. The average Bonchev–Trinajstić information content (AvgIpc) is 3.27. The normalized spacial score (nSPS) is 24.5. The number of carbonyl (C=O) groups excluding carboxylic acids is 1. The molecule has 1 amide bonds. The van der Waals surface area contributed by atoms with Crippen LogP contribution in [0.2, 0.25) is 0 Å². The maximum atomic E-state index is 13.8. The van der Waals surface area contributed by atoms with Crippen LogP contribution in [0.5, 0.6) is 0 Å². The number of likely N-dealkylation sites (tertiary alicyclic amines) is 1. The Kier molecular flexibility index (Phi) is 8.19. The number of rotatable bonds is 4. The van der Waals surface area contributed by atoms with Crippen molar-refractivity contribution in [3.63, 3.8) is 0 Å². The van der Waals surface area contributed by atoms with Crippen LogP contribution in [-0.4, -0.2) is 35.8 Å². The summed E-state index contributed by atoms with van der Waals surface area (Å²) in [6.45, 7) is 7.49. The molecule has 11 heteroatoms. The van der Waals surface area contributed by atoms with Gasteiger partial charge in [-0.05, 0) is 93.8 Å². The van der Waals surface area contributed by atoms with Gasteiger partial charge in [0, 0.05) is 19.0 Å². The highest BCUT2D eigenvalue weighted by atomic mass is 19.4. The van der Waals surface area contributed by atoms with Gasteiger partial charge in [0.2, 0.25) is 0 Å². The molecule has 4 rings (SSSR count). The van der Waals surface area contributed by atoms with Crippen LogP contribution in [0.3, 0.4) is 0 Å². The van der Waals surface area contributed by atoms with Crippen LogP contribution in [0.25, 0.3) is 0 Å². The number of halogens is 7. The Hall–Kier alpha value is -2.82. The number of nitrogens with zero attached hydrogens (tertiary/aromatic N) is 1. The van der Waals surface area contributed by atoms with Crippen molar-refractivity contribution >= 4 is 6.09 Å². The minimum absolute atomic E-state index is 0.0723. The zero-order valence-corrected chi connectivity index (χ0v) is 22.6. The average molecular weight is 576 g/mol. The first-order valence-electron chi connectivity index (χ1n) is 13.1. The largest absolute Gasteiger partial charge is 0.444 e. The molecule has 5 atom stereocenters. The lowest BCUT2D eigenvalue weighted by molar-refractivity contribution is -0.143. The number of benzene rings is 2. The van der Waals surface area contributed by atoms with E-state index in [-0.39, 0.29) is 29.4 Å². The molecular formula is C29H32F7NO3. The number of amides is 1. The van der Waals surface area contributed by atoms with Crippen LogP contribution in [0.15, 0.2) is 42.5 Å². The van der Waals surface area contributed by atoms with Crippen LogP contribution in [0.1, 0.15) is 74.8 Å². The lowest BCUT2D eigenvalue weighted by Gasteiger charge is -2.41. The Morgan fingerprint density at radius 2 is 1.48 bits per heavy atom. The summed E-state index contributed by atoms with van der Waals surface area (Å²) in [4.78, 5) is 14.4. The molecule has 1 saturated heterocycles. The van der Waals surface area contributed by atoms with Crippen molar-refractivity contribution in [2.24, 2.45) is 11.8 Å². The molecule has 1 saturated carbocycles. The molecule has 2 aromatic rings. The molecule has 2 aromatic carbocycles. The van der Waals surface area contributed by atoms with Gasteiger partial charge in [0.25, 0.3) is 0 Å². The molecule has 1 aliphatic carbocycles. The second-order valence-corrected chi connectivity index (χ2v) is 11.6. The summed E-state index contributed by atoms with van der Waals surface area (Å²) in [5.74, 6) is -0.881. The fourth-order valence-corrected chi connectivity index (χ4v) is 5.77. The first-order chi connectivity index (χ1) is 18.4. The highest BCUT2D eigenvalue weighted by Gasteiger charge is 2.48. The summed E-state index contributed by atoms with van der Waals surface area (Å²) in [7, 11) is 0. The van der Waals surface area contributed by atoms with Crippen LogP contribution >= 0.6 is 0 Å². The van der Waals surface area contributed by atoms with E-state index in [0.29, 0.717) is 38.1 Å². The van der Waals surface area contributed by atoms with Crippen molar-refractivity contribution < 1.29 is 45.0 Å². The Labute approximate surface area is 228 Å². The monoisotopic (exact) mass is 575 g/mol. The van der Waals surface area contributed by atoms with Crippen LogP contribution in [-0.2, 0) is 21.8 Å².